The molecule has 0 bridgehead atoms. The highest BCUT2D eigenvalue weighted by molar-refractivity contribution is 9.10. The highest BCUT2D eigenvalue weighted by Crippen LogP contribution is 2.30. The summed E-state index contributed by atoms with van der Waals surface area (Å²) >= 11 is 3.53. The van der Waals surface area contributed by atoms with E-state index in [0.29, 0.717) is 0 Å². The first-order valence-electron chi connectivity index (χ1n) is 5.51. The van der Waals surface area contributed by atoms with Gasteiger partial charge in [-0.1, -0.05) is 12.1 Å². The predicted molar refractivity (Wildman–Crippen MR) is 71.4 cm³/mol. The molecule has 0 atom stereocenters. The van der Waals surface area contributed by atoms with Crippen LogP contribution in [-0.4, -0.2) is 15.6 Å². The van der Waals surface area contributed by atoms with Crippen molar-refractivity contribution in [1.82, 2.24) is 4.57 Å². The third-order valence-electron chi connectivity index (χ3n) is 2.74. The quantitative estimate of drug-likeness (QED) is 0.940. The molecule has 2 aromatic rings. The number of carboxylic acid groups (broad SMARTS) is 1. The molecule has 17 heavy (non-hydrogen) atoms. The lowest BCUT2D eigenvalue weighted by Crippen LogP contribution is -2.10. The number of para-hydroxylation sites is 1. The number of aromatic nitrogens is 1. The number of halogens is 1. The van der Waals surface area contributed by atoms with Gasteiger partial charge in [0.05, 0.1) is 11.9 Å². The smallest absolute Gasteiger partial charge is 0.309 e. The van der Waals surface area contributed by atoms with E-state index in [2.05, 4.69) is 34.3 Å². The maximum atomic E-state index is 10.9. The summed E-state index contributed by atoms with van der Waals surface area (Å²) in [6.45, 7) is 4.12. The molecule has 0 spiro atoms. The summed E-state index contributed by atoms with van der Waals surface area (Å²) in [4.78, 5) is 10.9. The van der Waals surface area contributed by atoms with Gasteiger partial charge in [-0.15, -0.1) is 0 Å². The maximum absolute atomic E-state index is 10.9. The van der Waals surface area contributed by atoms with Crippen LogP contribution in [0.25, 0.3) is 10.9 Å². The van der Waals surface area contributed by atoms with Gasteiger partial charge in [-0.05, 0) is 41.9 Å². The predicted octanol–water partition coefficient (Wildman–Crippen LogP) is 3.61. The molecule has 90 valence electrons. The fourth-order valence-electron chi connectivity index (χ4n) is 2.18. The zero-order valence-corrected chi connectivity index (χ0v) is 11.4. The van der Waals surface area contributed by atoms with Crippen molar-refractivity contribution in [2.45, 2.75) is 26.3 Å². The molecule has 0 amide bonds. The van der Waals surface area contributed by atoms with Crippen LogP contribution in [0.3, 0.4) is 0 Å². The van der Waals surface area contributed by atoms with Crippen LogP contribution in [0.5, 0.6) is 0 Å². The number of hydrogen-bond acceptors (Lipinski definition) is 1. The second kappa shape index (κ2) is 4.53. The summed E-state index contributed by atoms with van der Waals surface area (Å²) < 4.78 is 3.08. The van der Waals surface area contributed by atoms with E-state index in [9.17, 15) is 4.79 Å². The van der Waals surface area contributed by atoms with Gasteiger partial charge >= 0.3 is 5.97 Å². The van der Waals surface area contributed by atoms with Crippen LogP contribution in [0.15, 0.2) is 28.7 Å². The van der Waals surface area contributed by atoms with Gasteiger partial charge in [-0.25, -0.2) is 0 Å². The molecule has 0 aliphatic rings. The molecule has 0 aliphatic carbocycles. The van der Waals surface area contributed by atoms with E-state index in [4.69, 9.17) is 5.11 Å². The van der Waals surface area contributed by atoms with Gasteiger partial charge < -0.3 is 9.67 Å². The van der Waals surface area contributed by atoms with Gasteiger partial charge in [0, 0.05) is 21.6 Å². The molecule has 0 unspecified atom stereocenters. The van der Waals surface area contributed by atoms with E-state index in [-0.39, 0.29) is 12.5 Å². The van der Waals surface area contributed by atoms with Crippen molar-refractivity contribution in [3.63, 3.8) is 0 Å². The molecular formula is C13H14BrNO2. The number of nitrogens with zero attached hydrogens (tertiary/aromatic N) is 1. The molecule has 0 radical (unpaired) electrons. The van der Waals surface area contributed by atoms with Crippen LogP contribution < -0.4 is 0 Å². The first-order chi connectivity index (χ1) is 8.00. The van der Waals surface area contributed by atoms with E-state index >= 15 is 0 Å². The molecule has 3 nitrogen and oxygen atoms in total. The van der Waals surface area contributed by atoms with Gasteiger partial charge in [-0.2, -0.15) is 0 Å². The summed E-state index contributed by atoms with van der Waals surface area (Å²) in [5, 5.41) is 10.0. The fraction of sp³-hybridized carbons (Fsp3) is 0.308. The summed E-state index contributed by atoms with van der Waals surface area (Å²) in [5.41, 5.74) is 1.91. The number of carbonyl (C=O) groups is 1. The Bertz CT molecular complexity index is 572. The zero-order chi connectivity index (χ0) is 12.6. The minimum atomic E-state index is -0.800. The van der Waals surface area contributed by atoms with E-state index in [1.165, 1.54) is 0 Å². The minimum absolute atomic E-state index is 0.0549. The third kappa shape index (κ3) is 2.22. The van der Waals surface area contributed by atoms with Crippen molar-refractivity contribution in [2.75, 3.05) is 0 Å². The van der Waals surface area contributed by atoms with E-state index in [1.807, 2.05) is 24.3 Å². The van der Waals surface area contributed by atoms with Crippen molar-refractivity contribution < 1.29 is 9.90 Å². The Morgan fingerprint density at radius 1 is 1.47 bits per heavy atom. The molecule has 1 heterocycles. The third-order valence-corrected chi connectivity index (χ3v) is 3.38. The number of aliphatic carboxylic acids is 1. The van der Waals surface area contributed by atoms with Crippen LogP contribution in [0.1, 0.15) is 25.6 Å². The van der Waals surface area contributed by atoms with Gasteiger partial charge in [0.2, 0.25) is 0 Å². The largest absolute Gasteiger partial charge is 0.481 e. The zero-order valence-electron chi connectivity index (χ0n) is 9.77. The molecule has 1 aromatic carbocycles. The second-order valence-electron chi connectivity index (χ2n) is 4.35. The summed E-state index contributed by atoms with van der Waals surface area (Å²) in [5.74, 6) is -0.800. The van der Waals surface area contributed by atoms with Gasteiger partial charge in [0.1, 0.15) is 0 Å². The fourth-order valence-corrected chi connectivity index (χ4v) is 2.75. The Morgan fingerprint density at radius 3 is 2.76 bits per heavy atom. The van der Waals surface area contributed by atoms with Crippen molar-refractivity contribution in [2.24, 2.45) is 0 Å². The summed E-state index contributed by atoms with van der Waals surface area (Å²) in [6, 6.07) is 8.13. The Kier molecular flexibility index (Phi) is 3.24. The van der Waals surface area contributed by atoms with Gasteiger partial charge in [0.15, 0.2) is 0 Å². The van der Waals surface area contributed by atoms with Gasteiger partial charge in [0.25, 0.3) is 0 Å². The molecule has 0 aliphatic heterocycles. The normalized spacial score (nSPS) is 11.3. The lowest BCUT2D eigenvalue weighted by Gasteiger charge is -2.14. The van der Waals surface area contributed by atoms with Crippen molar-refractivity contribution in [3.05, 3.63) is 34.4 Å². The molecule has 0 saturated carbocycles. The molecular weight excluding hydrogens is 282 g/mol. The van der Waals surface area contributed by atoms with Gasteiger partial charge in [-0.3, -0.25) is 4.79 Å². The SMILES string of the molecule is CC(C)n1c(CC(=O)O)cc2cccc(Br)c21. The monoisotopic (exact) mass is 295 g/mol. The minimum Gasteiger partial charge on any atom is -0.481 e. The number of rotatable bonds is 3. The molecule has 0 fully saturated rings. The first-order valence-corrected chi connectivity index (χ1v) is 6.30. The van der Waals surface area contributed by atoms with Crippen LogP contribution in [0, 0.1) is 0 Å². The van der Waals surface area contributed by atoms with Crippen LogP contribution in [0.4, 0.5) is 0 Å². The topological polar surface area (TPSA) is 42.2 Å². The first kappa shape index (κ1) is 12.2. The van der Waals surface area contributed by atoms with Crippen LogP contribution >= 0.6 is 15.9 Å². The van der Waals surface area contributed by atoms with E-state index in [1.54, 1.807) is 0 Å². The lowest BCUT2D eigenvalue weighted by molar-refractivity contribution is -0.136. The standard InChI is InChI=1S/C13H14BrNO2/c1-8(2)15-10(7-12(16)17)6-9-4-3-5-11(14)13(9)15/h3-6,8H,7H2,1-2H3,(H,16,17). The van der Waals surface area contributed by atoms with Crippen LogP contribution in [0.2, 0.25) is 0 Å². The number of carboxylic acids is 1. The average molecular weight is 296 g/mol. The Labute approximate surface area is 108 Å². The molecule has 0 saturated heterocycles. The van der Waals surface area contributed by atoms with Crippen LogP contribution in [-0.2, 0) is 11.2 Å². The maximum Gasteiger partial charge on any atom is 0.309 e. The average Bonchev–Trinajstić information content (AvgIpc) is 2.56. The lowest BCUT2D eigenvalue weighted by atomic mass is 10.2. The van der Waals surface area contributed by atoms with E-state index < -0.39 is 5.97 Å². The highest BCUT2D eigenvalue weighted by Gasteiger charge is 2.15. The van der Waals surface area contributed by atoms with E-state index in [0.717, 1.165) is 21.1 Å². The Balaban J connectivity index is 2.71. The van der Waals surface area contributed by atoms with Crippen molar-refractivity contribution in [3.8, 4) is 0 Å². The molecule has 1 N–H and O–H groups in total. The summed E-state index contributed by atoms with van der Waals surface area (Å²) in [7, 11) is 0. The second-order valence-corrected chi connectivity index (χ2v) is 5.20. The number of fused-ring (bicyclic) bond motifs is 1. The molecule has 1 aromatic heterocycles. The molecule has 2 rings (SSSR count). The van der Waals surface area contributed by atoms with Crippen molar-refractivity contribution >= 4 is 32.8 Å². The Hall–Kier alpha value is -1.29. The number of hydrogen-bond donors (Lipinski definition) is 1. The van der Waals surface area contributed by atoms with Crippen molar-refractivity contribution in [1.29, 1.82) is 0 Å². The Morgan fingerprint density at radius 2 is 2.18 bits per heavy atom. The highest BCUT2D eigenvalue weighted by atomic mass is 79.9. The molecule has 4 heteroatoms. The number of benzene rings is 1. The summed E-state index contributed by atoms with van der Waals surface area (Å²) in [6.07, 6.45) is 0.0549.